The minimum absolute atomic E-state index is 0.0614. The molecule has 2 aromatic heterocycles. The molecule has 4 rings (SSSR count). The molecule has 1 amide bonds. The van der Waals surface area contributed by atoms with Gasteiger partial charge in [-0.1, -0.05) is 35.5 Å². The highest BCUT2D eigenvalue weighted by molar-refractivity contribution is 8.00. The number of ether oxygens (including phenoxy) is 1. The second-order valence-electron chi connectivity index (χ2n) is 6.51. The normalized spacial score (nSPS) is 10.9. The van der Waals surface area contributed by atoms with Crippen LogP contribution in [0.1, 0.15) is 5.56 Å². The number of carbonyl (C=O) groups excluding carboxylic acids is 1. The molecule has 0 saturated heterocycles. The van der Waals surface area contributed by atoms with Crippen molar-refractivity contribution in [1.82, 2.24) is 19.9 Å². The molecule has 0 radical (unpaired) electrons. The van der Waals surface area contributed by atoms with Gasteiger partial charge in [-0.05, 0) is 48.0 Å². The summed E-state index contributed by atoms with van der Waals surface area (Å²) in [5.74, 6) is 1.00. The third kappa shape index (κ3) is 4.75. The standard InChI is InChI=1S/C22H19ClN4O2S/c1-29-18-8-4-16(5-9-18)19-12-20-22(24-10-11-27(20)26-19)30-14-21(28)25-13-15-2-6-17(23)7-3-15/h2-12H,13-14H2,1H3,(H,25,28). The van der Waals surface area contributed by atoms with E-state index in [0.717, 1.165) is 33.1 Å². The van der Waals surface area contributed by atoms with Crippen LogP contribution in [0.4, 0.5) is 0 Å². The Bertz CT molecular complexity index is 1160. The van der Waals surface area contributed by atoms with Crippen LogP contribution in [0, 0.1) is 0 Å². The fraction of sp³-hybridized carbons (Fsp3) is 0.136. The summed E-state index contributed by atoms with van der Waals surface area (Å²) in [7, 11) is 1.64. The Morgan fingerprint density at radius 1 is 1.17 bits per heavy atom. The lowest BCUT2D eigenvalue weighted by Gasteiger charge is -2.06. The van der Waals surface area contributed by atoms with Crippen LogP contribution in [-0.2, 0) is 11.3 Å². The fourth-order valence-corrected chi connectivity index (χ4v) is 3.83. The van der Waals surface area contributed by atoms with Crippen LogP contribution in [0.2, 0.25) is 5.02 Å². The SMILES string of the molecule is COc1ccc(-c2cc3c(SCC(=O)NCc4ccc(Cl)cc4)nccn3n2)cc1. The maximum absolute atomic E-state index is 12.3. The van der Waals surface area contributed by atoms with Gasteiger partial charge in [-0.3, -0.25) is 4.79 Å². The number of thioether (sulfide) groups is 1. The number of aromatic nitrogens is 3. The summed E-state index contributed by atoms with van der Waals surface area (Å²) in [6, 6.07) is 17.1. The lowest BCUT2D eigenvalue weighted by molar-refractivity contribution is -0.118. The summed E-state index contributed by atoms with van der Waals surface area (Å²) in [5.41, 5.74) is 3.67. The number of halogens is 1. The largest absolute Gasteiger partial charge is 0.497 e. The number of carbonyl (C=O) groups is 1. The molecule has 0 aliphatic heterocycles. The number of hydrogen-bond donors (Lipinski definition) is 1. The maximum Gasteiger partial charge on any atom is 0.230 e. The molecule has 0 spiro atoms. The first-order chi connectivity index (χ1) is 14.6. The van der Waals surface area contributed by atoms with Gasteiger partial charge in [0.15, 0.2) is 0 Å². The van der Waals surface area contributed by atoms with Crippen LogP contribution < -0.4 is 10.1 Å². The summed E-state index contributed by atoms with van der Waals surface area (Å²) >= 11 is 7.27. The van der Waals surface area contributed by atoms with Gasteiger partial charge in [0.25, 0.3) is 0 Å². The average Bonchev–Trinajstić information content (AvgIpc) is 3.22. The Labute approximate surface area is 183 Å². The number of nitrogens with zero attached hydrogens (tertiary/aromatic N) is 3. The maximum atomic E-state index is 12.3. The third-order valence-electron chi connectivity index (χ3n) is 4.48. The van der Waals surface area contributed by atoms with Gasteiger partial charge in [-0.15, -0.1) is 0 Å². The quantitative estimate of drug-likeness (QED) is 0.431. The second kappa shape index (κ2) is 9.19. The van der Waals surface area contributed by atoms with E-state index in [1.807, 2.05) is 54.6 Å². The Kier molecular flexibility index (Phi) is 6.21. The summed E-state index contributed by atoms with van der Waals surface area (Å²) < 4.78 is 6.99. The number of fused-ring (bicyclic) bond motifs is 1. The van der Waals surface area contributed by atoms with E-state index in [4.69, 9.17) is 16.3 Å². The van der Waals surface area contributed by atoms with E-state index in [-0.39, 0.29) is 11.7 Å². The van der Waals surface area contributed by atoms with Gasteiger partial charge >= 0.3 is 0 Å². The van der Waals surface area contributed by atoms with Crippen molar-refractivity contribution < 1.29 is 9.53 Å². The van der Waals surface area contributed by atoms with E-state index < -0.39 is 0 Å². The van der Waals surface area contributed by atoms with Gasteiger partial charge in [0.2, 0.25) is 5.91 Å². The van der Waals surface area contributed by atoms with Crippen LogP contribution in [-0.4, -0.2) is 33.4 Å². The predicted molar refractivity (Wildman–Crippen MR) is 119 cm³/mol. The summed E-state index contributed by atoms with van der Waals surface area (Å²) in [5, 5.41) is 8.97. The average molecular weight is 439 g/mol. The molecule has 0 aliphatic rings. The summed E-state index contributed by atoms with van der Waals surface area (Å²) in [6.07, 6.45) is 3.48. The van der Waals surface area contributed by atoms with E-state index in [1.165, 1.54) is 11.8 Å². The molecule has 0 aliphatic carbocycles. The highest BCUT2D eigenvalue weighted by atomic mass is 35.5. The smallest absolute Gasteiger partial charge is 0.230 e. The van der Waals surface area contributed by atoms with Crippen molar-refractivity contribution in [2.24, 2.45) is 0 Å². The van der Waals surface area contributed by atoms with Crippen LogP contribution in [0.3, 0.4) is 0 Å². The number of nitrogens with one attached hydrogen (secondary N) is 1. The molecule has 1 N–H and O–H groups in total. The zero-order valence-electron chi connectivity index (χ0n) is 16.2. The minimum Gasteiger partial charge on any atom is -0.497 e. The van der Waals surface area contributed by atoms with Crippen LogP contribution >= 0.6 is 23.4 Å². The van der Waals surface area contributed by atoms with Crippen molar-refractivity contribution in [2.75, 3.05) is 12.9 Å². The first-order valence-electron chi connectivity index (χ1n) is 9.25. The predicted octanol–water partition coefficient (Wildman–Crippen LogP) is 4.47. The molecule has 152 valence electrons. The molecule has 0 unspecified atom stereocenters. The van der Waals surface area contributed by atoms with Crippen LogP contribution in [0.25, 0.3) is 16.8 Å². The van der Waals surface area contributed by atoms with E-state index >= 15 is 0 Å². The highest BCUT2D eigenvalue weighted by Crippen LogP contribution is 2.27. The van der Waals surface area contributed by atoms with Gasteiger partial charge in [0.1, 0.15) is 10.8 Å². The van der Waals surface area contributed by atoms with Gasteiger partial charge in [0, 0.05) is 29.5 Å². The Morgan fingerprint density at radius 2 is 1.93 bits per heavy atom. The van der Waals surface area contributed by atoms with Crippen LogP contribution in [0.5, 0.6) is 5.75 Å². The summed E-state index contributed by atoms with van der Waals surface area (Å²) in [4.78, 5) is 16.7. The molecule has 0 fully saturated rings. The third-order valence-corrected chi connectivity index (χ3v) is 5.73. The van der Waals surface area contributed by atoms with E-state index in [0.29, 0.717) is 11.6 Å². The molecule has 2 aromatic carbocycles. The van der Waals surface area contributed by atoms with Crippen LogP contribution in [0.15, 0.2) is 72.0 Å². The lowest BCUT2D eigenvalue weighted by Crippen LogP contribution is -2.24. The molecule has 0 atom stereocenters. The van der Waals surface area contributed by atoms with Crippen molar-refractivity contribution in [2.45, 2.75) is 11.6 Å². The molecule has 4 aromatic rings. The number of methoxy groups -OCH3 is 1. The lowest BCUT2D eigenvalue weighted by atomic mass is 10.1. The van der Waals surface area contributed by atoms with Crippen molar-refractivity contribution in [1.29, 1.82) is 0 Å². The zero-order valence-corrected chi connectivity index (χ0v) is 17.8. The number of hydrogen-bond acceptors (Lipinski definition) is 5. The number of amides is 1. The van der Waals surface area contributed by atoms with Gasteiger partial charge in [-0.25, -0.2) is 9.50 Å². The highest BCUT2D eigenvalue weighted by Gasteiger charge is 2.11. The first-order valence-corrected chi connectivity index (χ1v) is 10.6. The van der Waals surface area contributed by atoms with E-state index in [2.05, 4.69) is 15.4 Å². The van der Waals surface area contributed by atoms with Crippen molar-refractivity contribution in [3.05, 3.63) is 77.6 Å². The molecular formula is C22H19ClN4O2S. The van der Waals surface area contributed by atoms with E-state index in [1.54, 1.807) is 24.0 Å². The molecular weight excluding hydrogens is 420 g/mol. The Balaban J connectivity index is 1.42. The zero-order chi connectivity index (χ0) is 20.9. The molecule has 2 heterocycles. The molecule has 30 heavy (non-hydrogen) atoms. The Morgan fingerprint density at radius 3 is 2.67 bits per heavy atom. The number of benzene rings is 2. The first kappa shape index (κ1) is 20.3. The second-order valence-corrected chi connectivity index (χ2v) is 7.91. The van der Waals surface area contributed by atoms with Gasteiger partial charge in [0.05, 0.1) is 24.1 Å². The Hall–Kier alpha value is -3.03. The minimum atomic E-state index is -0.0614. The van der Waals surface area contributed by atoms with Gasteiger partial charge in [-0.2, -0.15) is 5.10 Å². The van der Waals surface area contributed by atoms with E-state index in [9.17, 15) is 4.79 Å². The molecule has 0 bridgehead atoms. The number of rotatable bonds is 7. The molecule has 6 nitrogen and oxygen atoms in total. The van der Waals surface area contributed by atoms with Gasteiger partial charge < -0.3 is 10.1 Å². The molecule has 0 saturated carbocycles. The summed E-state index contributed by atoms with van der Waals surface area (Å²) in [6.45, 7) is 0.461. The molecule has 8 heteroatoms. The fourth-order valence-electron chi connectivity index (χ4n) is 2.90. The van der Waals surface area contributed by atoms with Crippen molar-refractivity contribution in [3.8, 4) is 17.0 Å². The van der Waals surface area contributed by atoms with Crippen molar-refractivity contribution >= 4 is 34.8 Å². The van der Waals surface area contributed by atoms with Crippen molar-refractivity contribution in [3.63, 3.8) is 0 Å². The monoisotopic (exact) mass is 438 g/mol. The topological polar surface area (TPSA) is 68.5 Å².